The molecule has 9 heteroatoms. The molecule has 3 aromatic heterocycles. The summed E-state index contributed by atoms with van der Waals surface area (Å²) < 4.78 is 7.82. The molecule has 0 unspecified atom stereocenters. The van der Waals surface area contributed by atoms with Crippen LogP contribution in [0.15, 0.2) is 54.9 Å². The third-order valence-corrected chi connectivity index (χ3v) is 5.31. The number of anilines is 2. The number of carbonyl (C=O) groups excluding carboxylic acids is 1. The molecule has 4 aromatic rings. The zero-order valence-corrected chi connectivity index (χ0v) is 17.2. The van der Waals surface area contributed by atoms with Gasteiger partial charge in [-0.05, 0) is 31.2 Å². The fourth-order valence-electron chi connectivity index (χ4n) is 3.75. The molecule has 0 spiro atoms. The van der Waals surface area contributed by atoms with Crippen LogP contribution in [0.4, 0.5) is 11.6 Å². The molecule has 1 aliphatic rings. The second-order valence-corrected chi connectivity index (χ2v) is 7.57. The van der Waals surface area contributed by atoms with Crippen molar-refractivity contribution in [2.45, 2.75) is 19.6 Å². The number of ether oxygens (including phenoxy) is 1. The Balaban J connectivity index is 1.27. The number of H-pyrrole nitrogens is 1. The number of rotatable bonds is 5. The molecule has 9 nitrogen and oxygen atoms in total. The first-order valence-electron chi connectivity index (χ1n) is 10.2. The number of nitrogens with one attached hydrogen (secondary N) is 2. The number of carbonyl (C=O) groups is 1. The van der Waals surface area contributed by atoms with Gasteiger partial charge in [-0.15, -0.1) is 0 Å². The van der Waals surface area contributed by atoms with Crippen LogP contribution in [0.2, 0.25) is 0 Å². The number of nitrogens with zero attached hydrogens (tertiary/aromatic N) is 5. The van der Waals surface area contributed by atoms with Crippen LogP contribution in [0.25, 0.3) is 11.0 Å². The van der Waals surface area contributed by atoms with Gasteiger partial charge in [-0.1, -0.05) is 18.2 Å². The van der Waals surface area contributed by atoms with E-state index >= 15 is 0 Å². The minimum absolute atomic E-state index is 0.0396. The van der Waals surface area contributed by atoms with Crippen LogP contribution in [0, 0.1) is 6.92 Å². The van der Waals surface area contributed by atoms with Gasteiger partial charge in [0.1, 0.15) is 18.5 Å². The molecule has 0 bridgehead atoms. The van der Waals surface area contributed by atoms with E-state index in [4.69, 9.17) is 4.74 Å². The van der Waals surface area contributed by atoms with Crippen LogP contribution in [0.3, 0.4) is 0 Å². The minimum Gasteiger partial charge on any atom is -0.368 e. The number of aromatic amines is 1. The van der Waals surface area contributed by atoms with Gasteiger partial charge in [0.2, 0.25) is 5.91 Å². The number of hydrogen-bond donors (Lipinski definition) is 2. The van der Waals surface area contributed by atoms with E-state index in [1.165, 1.54) is 0 Å². The largest absolute Gasteiger partial charge is 0.368 e. The first-order chi connectivity index (χ1) is 15.2. The van der Waals surface area contributed by atoms with Gasteiger partial charge in [-0.3, -0.25) is 9.89 Å². The lowest BCUT2D eigenvalue weighted by Crippen LogP contribution is -2.43. The molecule has 2 N–H and O–H groups in total. The van der Waals surface area contributed by atoms with Gasteiger partial charge in [0, 0.05) is 18.3 Å². The van der Waals surface area contributed by atoms with Crippen LogP contribution in [-0.2, 0) is 16.1 Å². The average Bonchev–Trinajstić information content (AvgIpc) is 3.40. The molecule has 0 radical (unpaired) electrons. The quantitative estimate of drug-likeness (QED) is 0.518. The van der Waals surface area contributed by atoms with Gasteiger partial charge in [0.25, 0.3) is 0 Å². The summed E-state index contributed by atoms with van der Waals surface area (Å²) in [5.74, 6) is 1.43. The van der Waals surface area contributed by atoms with Crippen LogP contribution >= 0.6 is 0 Å². The second kappa shape index (κ2) is 8.19. The number of amides is 1. The Bertz CT molecular complexity index is 1220. The van der Waals surface area contributed by atoms with Crippen molar-refractivity contribution in [3.63, 3.8) is 0 Å². The Kier molecular flexibility index (Phi) is 5.09. The SMILES string of the molecule is Cc1cc(Nc2cccc([C@H]3CN(C(=O)Cn4cnc5ccccc54)CCO3)n2)n[nH]1. The second-order valence-electron chi connectivity index (χ2n) is 7.57. The number of hydrogen-bond acceptors (Lipinski definition) is 6. The number of imidazole rings is 1. The van der Waals surface area contributed by atoms with Crippen molar-refractivity contribution in [1.82, 2.24) is 29.6 Å². The third-order valence-electron chi connectivity index (χ3n) is 5.31. The Morgan fingerprint density at radius 1 is 1.23 bits per heavy atom. The maximum Gasteiger partial charge on any atom is 0.242 e. The first-order valence-corrected chi connectivity index (χ1v) is 10.2. The molecular formula is C22H23N7O2. The van der Waals surface area contributed by atoms with E-state index in [1.54, 1.807) is 6.33 Å². The summed E-state index contributed by atoms with van der Waals surface area (Å²) in [6.07, 6.45) is 1.44. The topological polar surface area (TPSA) is 101 Å². The molecule has 1 aliphatic heterocycles. The van der Waals surface area contributed by atoms with Gasteiger partial charge in [0.15, 0.2) is 5.82 Å². The van der Waals surface area contributed by atoms with E-state index < -0.39 is 0 Å². The van der Waals surface area contributed by atoms with Crippen molar-refractivity contribution in [3.8, 4) is 0 Å². The summed E-state index contributed by atoms with van der Waals surface area (Å²) in [5, 5.41) is 10.3. The van der Waals surface area contributed by atoms with Gasteiger partial charge >= 0.3 is 0 Å². The predicted octanol–water partition coefficient (Wildman–Crippen LogP) is 2.81. The zero-order chi connectivity index (χ0) is 21.2. The average molecular weight is 417 g/mol. The first kappa shape index (κ1) is 19.3. The Labute approximate surface area is 179 Å². The molecule has 0 aliphatic carbocycles. The number of aromatic nitrogens is 5. The molecule has 1 atom stereocenters. The van der Waals surface area contributed by atoms with Gasteiger partial charge in [-0.25, -0.2) is 9.97 Å². The number of aryl methyl sites for hydroxylation is 1. The molecule has 4 heterocycles. The zero-order valence-electron chi connectivity index (χ0n) is 17.2. The number of para-hydroxylation sites is 2. The number of fused-ring (bicyclic) bond motifs is 1. The molecule has 158 valence electrons. The van der Waals surface area contributed by atoms with Crippen molar-refractivity contribution in [3.05, 3.63) is 66.2 Å². The van der Waals surface area contributed by atoms with E-state index in [0.29, 0.717) is 31.3 Å². The Morgan fingerprint density at radius 2 is 2.13 bits per heavy atom. The highest BCUT2D eigenvalue weighted by Crippen LogP contribution is 2.23. The summed E-state index contributed by atoms with van der Waals surface area (Å²) in [4.78, 5) is 23.8. The molecule has 1 saturated heterocycles. The van der Waals surface area contributed by atoms with E-state index in [0.717, 1.165) is 22.4 Å². The van der Waals surface area contributed by atoms with Crippen LogP contribution in [0.1, 0.15) is 17.5 Å². The minimum atomic E-state index is -0.278. The highest BCUT2D eigenvalue weighted by atomic mass is 16.5. The maximum atomic E-state index is 13.0. The van der Waals surface area contributed by atoms with E-state index in [2.05, 4.69) is 25.5 Å². The van der Waals surface area contributed by atoms with Gasteiger partial charge in [0.05, 0.1) is 36.2 Å². The monoisotopic (exact) mass is 417 g/mol. The lowest BCUT2D eigenvalue weighted by Gasteiger charge is -2.33. The third kappa shape index (κ3) is 4.13. The van der Waals surface area contributed by atoms with E-state index in [-0.39, 0.29) is 18.6 Å². The van der Waals surface area contributed by atoms with Crippen LogP contribution in [0.5, 0.6) is 0 Å². The summed E-state index contributed by atoms with van der Waals surface area (Å²) in [6, 6.07) is 15.4. The van der Waals surface area contributed by atoms with Crippen molar-refractivity contribution in [2.75, 3.05) is 25.0 Å². The maximum absolute atomic E-state index is 13.0. The van der Waals surface area contributed by atoms with Gasteiger partial charge < -0.3 is 19.5 Å². The lowest BCUT2D eigenvalue weighted by atomic mass is 10.2. The van der Waals surface area contributed by atoms with Gasteiger partial charge in [-0.2, -0.15) is 5.10 Å². The Morgan fingerprint density at radius 3 is 3.00 bits per heavy atom. The molecular weight excluding hydrogens is 394 g/mol. The smallest absolute Gasteiger partial charge is 0.242 e. The van der Waals surface area contributed by atoms with Crippen molar-refractivity contribution in [1.29, 1.82) is 0 Å². The van der Waals surface area contributed by atoms with Crippen LogP contribution < -0.4 is 5.32 Å². The predicted molar refractivity (Wildman–Crippen MR) is 116 cm³/mol. The summed E-state index contributed by atoms with van der Waals surface area (Å²) in [7, 11) is 0. The fourth-order valence-corrected chi connectivity index (χ4v) is 3.75. The normalized spacial score (nSPS) is 16.5. The molecule has 1 amide bonds. The molecule has 31 heavy (non-hydrogen) atoms. The van der Waals surface area contributed by atoms with E-state index in [9.17, 15) is 4.79 Å². The molecule has 5 rings (SSSR count). The number of pyridine rings is 1. The molecule has 1 fully saturated rings. The highest BCUT2D eigenvalue weighted by Gasteiger charge is 2.26. The lowest BCUT2D eigenvalue weighted by molar-refractivity contribution is -0.139. The standard InChI is InChI=1S/C22H23N7O2/c1-15-11-21(27-26-15)25-20-8-4-6-17(24-20)19-12-28(9-10-31-19)22(30)13-29-14-23-16-5-2-3-7-18(16)29/h2-8,11,14,19H,9-10,12-13H2,1H3,(H2,24,25,26,27)/t19-/m1/s1. The molecule has 1 aromatic carbocycles. The van der Waals surface area contributed by atoms with E-state index in [1.807, 2.05) is 64.9 Å². The fraction of sp³-hybridized carbons (Fsp3) is 0.273. The summed E-state index contributed by atoms with van der Waals surface area (Å²) in [5.41, 5.74) is 3.59. The highest BCUT2D eigenvalue weighted by molar-refractivity contribution is 5.80. The number of benzene rings is 1. The van der Waals surface area contributed by atoms with Crippen molar-refractivity contribution >= 4 is 28.6 Å². The van der Waals surface area contributed by atoms with Crippen LogP contribution in [-0.4, -0.2) is 55.2 Å². The summed E-state index contributed by atoms with van der Waals surface area (Å²) in [6.45, 7) is 3.69. The Hall–Kier alpha value is -3.72. The van der Waals surface area contributed by atoms with Crippen molar-refractivity contribution in [2.24, 2.45) is 0 Å². The number of morpholine rings is 1. The summed E-state index contributed by atoms with van der Waals surface area (Å²) >= 11 is 0. The molecule has 0 saturated carbocycles. The van der Waals surface area contributed by atoms with Crippen molar-refractivity contribution < 1.29 is 9.53 Å².